The van der Waals surface area contributed by atoms with Gasteiger partial charge < -0.3 is 15.2 Å². The van der Waals surface area contributed by atoms with E-state index in [0.717, 1.165) is 0 Å². The molecular formula is C14H17FINO4. The minimum absolute atomic E-state index is 0.0255. The summed E-state index contributed by atoms with van der Waals surface area (Å²) in [7, 11) is 0. The van der Waals surface area contributed by atoms with Crippen LogP contribution in [0, 0.1) is 9.39 Å². The fourth-order valence-corrected chi connectivity index (χ4v) is 2.31. The third kappa shape index (κ3) is 6.74. The average Bonchev–Trinajstić information content (AvgIpc) is 2.23. The van der Waals surface area contributed by atoms with Crippen molar-refractivity contribution in [3.63, 3.8) is 0 Å². The number of ether oxygens (including phenoxy) is 1. The summed E-state index contributed by atoms with van der Waals surface area (Å²) >= 11 is 1.94. The fraction of sp³-hybridized carbons (Fsp3) is 0.429. The van der Waals surface area contributed by atoms with Gasteiger partial charge in [-0.3, -0.25) is 0 Å². The van der Waals surface area contributed by atoms with E-state index in [-0.39, 0.29) is 6.42 Å². The number of carboxylic acid groups (broad SMARTS) is 1. The first-order valence-corrected chi connectivity index (χ1v) is 7.32. The number of hydrogen-bond acceptors (Lipinski definition) is 3. The van der Waals surface area contributed by atoms with Crippen LogP contribution < -0.4 is 5.32 Å². The first kappa shape index (κ1) is 17.7. The van der Waals surface area contributed by atoms with E-state index in [1.165, 1.54) is 12.1 Å². The molecule has 5 nitrogen and oxygen atoms in total. The number of halogens is 2. The number of hydrogen-bond donors (Lipinski definition) is 2. The Balaban J connectivity index is 2.78. The lowest BCUT2D eigenvalue weighted by atomic mass is 10.1. The number of carbonyl (C=O) groups is 2. The Bertz CT molecular complexity index is 522. The van der Waals surface area contributed by atoms with Gasteiger partial charge in [-0.25, -0.2) is 14.0 Å². The van der Waals surface area contributed by atoms with E-state index >= 15 is 0 Å². The lowest BCUT2D eigenvalue weighted by molar-refractivity contribution is -0.139. The van der Waals surface area contributed by atoms with Crippen molar-refractivity contribution in [2.24, 2.45) is 0 Å². The zero-order valence-electron chi connectivity index (χ0n) is 11.9. The van der Waals surface area contributed by atoms with Gasteiger partial charge in [-0.2, -0.15) is 0 Å². The lowest BCUT2D eigenvalue weighted by Gasteiger charge is -2.22. The molecule has 0 spiro atoms. The predicted octanol–water partition coefficient (Wildman–Crippen LogP) is 2.95. The molecule has 1 unspecified atom stereocenters. The molecule has 1 atom stereocenters. The highest BCUT2D eigenvalue weighted by molar-refractivity contribution is 14.1. The minimum atomic E-state index is -1.21. The van der Waals surface area contributed by atoms with E-state index in [0.29, 0.717) is 9.13 Å². The molecule has 1 aromatic rings. The van der Waals surface area contributed by atoms with Crippen LogP contribution in [-0.4, -0.2) is 28.8 Å². The summed E-state index contributed by atoms with van der Waals surface area (Å²) in [5.41, 5.74) is -0.232. The van der Waals surface area contributed by atoms with Crippen molar-refractivity contribution in [2.75, 3.05) is 0 Å². The molecule has 116 valence electrons. The van der Waals surface area contributed by atoms with Gasteiger partial charge in [0.25, 0.3) is 0 Å². The molecule has 0 aliphatic heterocycles. The van der Waals surface area contributed by atoms with Gasteiger partial charge >= 0.3 is 12.1 Å². The van der Waals surface area contributed by atoms with Crippen LogP contribution in [0.5, 0.6) is 0 Å². The highest BCUT2D eigenvalue weighted by Crippen LogP contribution is 2.14. The van der Waals surface area contributed by atoms with Gasteiger partial charge in [0.2, 0.25) is 0 Å². The molecule has 7 heteroatoms. The molecule has 0 aliphatic carbocycles. The molecule has 0 bridgehead atoms. The Morgan fingerprint density at radius 3 is 2.48 bits per heavy atom. The maximum atomic E-state index is 13.3. The zero-order chi connectivity index (χ0) is 16.2. The molecule has 1 aromatic carbocycles. The monoisotopic (exact) mass is 409 g/mol. The highest BCUT2D eigenvalue weighted by Gasteiger charge is 2.24. The van der Waals surface area contributed by atoms with Crippen LogP contribution in [0.15, 0.2) is 18.2 Å². The standard InChI is InChI=1S/C14H17FINO4/c1-14(2,3)21-13(20)17-11(12(18)19)6-8-4-9(15)7-10(16)5-8/h4-5,7,11H,6H2,1-3H3,(H,17,20)(H,18,19). The van der Waals surface area contributed by atoms with E-state index in [1.807, 2.05) is 22.6 Å². The van der Waals surface area contributed by atoms with Crippen LogP contribution in [0.1, 0.15) is 26.3 Å². The van der Waals surface area contributed by atoms with Gasteiger partial charge in [0.15, 0.2) is 0 Å². The second kappa shape index (κ2) is 7.06. The molecule has 0 aliphatic rings. The fourth-order valence-electron chi connectivity index (χ4n) is 1.61. The normalized spacial score (nSPS) is 12.6. The number of carboxylic acids is 1. The van der Waals surface area contributed by atoms with Crippen molar-refractivity contribution in [1.29, 1.82) is 0 Å². The lowest BCUT2D eigenvalue weighted by Crippen LogP contribution is -2.44. The summed E-state index contributed by atoms with van der Waals surface area (Å²) in [4.78, 5) is 22.8. The summed E-state index contributed by atoms with van der Waals surface area (Å²) in [6, 6.07) is 3.06. The molecule has 2 N–H and O–H groups in total. The number of aliphatic carboxylic acids is 1. The van der Waals surface area contributed by atoms with Crippen LogP contribution in [0.25, 0.3) is 0 Å². The number of benzene rings is 1. The average molecular weight is 409 g/mol. The second-order valence-corrected chi connectivity index (χ2v) is 6.76. The zero-order valence-corrected chi connectivity index (χ0v) is 14.1. The van der Waals surface area contributed by atoms with Gasteiger partial charge in [0, 0.05) is 9.99 Å². The second-order valence-electron chi connectivity index (χ2n) is 5.52. The summed E-state index contributed by atoms with van der Waals surface area (Å²) in [5, 5.41) is 11.4. The van der Waals surface area contributed by atoms with Crippen molar-refractivity contribution in [3.8, 4) is 0 Å². The SMILES string of the molecule is CC(C)(C)OC(=O)NC(Cc1cc(F)cc(I)c1)C(=O)O. The third-order valence-corrected chi connectivity index (χ3v) is 2.97. The number of carbonyl (C=O) groups excluding carboxylic acids is 1. The molecule has 1 rings (SSSR count). The van der Waals surface area contributed by atoms with Gasteiger partial charge in [0.05, 0.1) is 0 Å². The Hall–Kier alpha value is -1.38. The third-order valence-electron chi connectivity index (χ3n) is 2.35. The van der Waals surface area contributed by atoms with E-state index in [1.54, 1.807) is 26.8 Å². The molecule has 21 heavy (non-hydrogen) atoms. The molecule has 0 heterocycles. The smallest absolute Gasteiger partial charge is 0.408 e. The molecule has 1 amide bonds. The van der Waals surface area contributed by atoms with E-state index in [2.05, 4.69) is 5.32 Å². The minimum Gasteiger partial charge on any atom is -0.480 e. The first-order chi connectivity index (χ1) is 9.56. The van der Waals surface area contributed by atoms with Crippen LogP contribution in [0.3, 0.4) is 0 Å². The van der Waals surface area contributed by atoms with Crippen molar-refractivity contribution in [3.05, 3.63) is 33.1 Å². The number of nitrogens with one attached hydrogen (secondary N) is 1. The van der Waals surface area contributed by atoms with Gasteiger partial charge in [0.1, 0.15) is 17.5 Å². The summed E-state index contributed by atoms with van der Waals surface area (Å²) in [6.07, 6.45) is -0.844. The van der Waals surface area contributed by atoms with Gasteiger partial charge in [-0.15, -0.1) is 0 Å². The molecule has 0 radical (unpaired) electrons. The van der Waals surface area contributed by atoms with Crippen molar-refractivity contribution < 1.29 is 23.8 Å². The van der Waals surface area contributed by atoms with E-state index in [4.69, 9.17) is 9.84 Å². The molecule has 0 aromatic heterocycles. The van der Waals surface area contributed by atoms with Gasteiger partial charge in [-0.1, -0.05) is 0 Å². The van der Waals surface area contributed by atoms with Crippen LogP contribution in [0.4, 0.5) is 9.18 Å². The first-order valence-electron chi connectivity index (χ1n) is 6.24. The summed E-state index contributed by atoms with van der Waals surface area (Å²) < 4.78 is 19.0. The maximum absolute atomic E-state index is 13.3. The van der Waals surface area contributed by atoms with Crippen molar-refractivity contribution in [2.45, 2.75) is 38.8 Å². The van der Waals surface area contributed by atoms with Crippen LogP contribution >= 0.6 is 22.6 Å². The topological polar surface area (TPSA) is 75.6 Å². The van der Waals surface area contributed by atoms with Crippen molar-refractivity contribution >= 4 is 34.7 Å². The van der Waals surface area contributed by atoms with Gasteiger partial charge in [-0.05, 0) is 67.1 Å². The number of amides is 1. The number of alkyl carbamates (subject to hydrolysis) is 1. The Kier molecular flexibility index (Phi) is 5.94. The molecule has 0 saturated carbocycles. The molecule has 0 saturated heterocycles. The predicted molar refractivity (Wildman–Crippen MR) is 83.6 cm³/mol. The largest absolute Gasteiger partial charge is 0.480 e. The molecular weight excluding hydrogens is 392 g/mol. The quantitative estimate of drug-likeness (QED) is 0.750. The highest BCUT2D eigenvalue weighted by atomic mass is 127. The Morgan fingerprint density at radius 1 is 1.38 bits per heavy atom. The summed E-state index contributed by atoms with van der Waals surface area (Å²) in [5.74, 6) is -1.65. The summed E-state index contributed by atoms with van der Waals surface area (Å²) in [6.45, 7) is 5.03. The van der Waals surface area contributed by atoms with E-state index < -0.39 is 29.5 Å². The maximum Gasteiger partial charge on any atom is 0.408 e. The van der Waals surface area contributed by atoms with Crippen LogP contribution in [0.2, 0.25) is 0 Å². The molecule has 0 fully saturated rings. The Morgan fingerprint density at radius 2 is 2.00 bits per heavy atom. The van der Waals surface area contributed by atoms with E-state index in [9.17, 15) is 14.0 Å². The van der Waals surface area contributed by atoms with Crippen molar-refractivity contribution in [1.82, 2.24) is 5.32 Å². The number of rotatable bonds is 4. The van der Waals surface area contributed by atoms with Crippen LogP contribution in [-0.2, 0) is 16.0 Å². The Labute approximate surface area is 136 Å².